The van der Waals surface area contributed by atoms with Gasteiger partial charge in [-0.25, -0.2) is 8.42 Å². The van der Waals surface area contributed by atoms with E-state index in [0.717, 1.165) is 16.1 Å². The Hall–Kier alpha value is -2.78. The monoisotopic (exact) mass is 623 g/mol. The molecule has 0 aromatic heterocycles. The molecule has 0 saturated carbocycles. The molecule has 40 heavy (non-hydrogen) atoms. The standard InChI is InChI=1S/C29H32Cl3N3O4S/c1-20(2)17-33-29(37)27(15-21-8-5-4-6-9-21)34(18-22-12-13-25(31)26(32)14-22)28(36)19-35(40(3,38)39)24-11-7-10-23(30)16-24/h4-14,16,20,27H,15,17-19H2,1-3H3,(H,33,37)/t27-/m1/s1. The van der Waals surface area contributed by atoms with Gasteiger partial charge in [0.1, 0.15) is 12.6 Å². The van der Waals surface area contributed by atoms with Crippen molar-refractivity contribution in [2.45, 2.75) is 32.9 Å². The number of sulfonamides is 1. The SMILES string of the molecule is CC(C)CNC(=O)[C@@H](Cc1ccccc1)N(Cc1ccc(Cl)c(Cl)c1)C(=O)CN(c1cccc(Cl)c1)S(C)(=O)=O. The average molecular weight is 625 g/mol. The summed E-state index contributed by atoms with van der Waals surface area (Å²) < 4.78 is 26.6. The lowest BCUT2D eigenvalue weighted by Crippen LogP contribution is -2.53. The molecule has 214 valence electrons. The molecule has 7 nitrogen and oxygen atoms in total. The third-order valence-corrected chi connectivity index (χ3v) is 8.18. The fraction of sp³-hybridized carbons (Fsp3) is 0.310. The minimum atomic E-state index is -3.89. The van der Waals surface area contributed by atoms with Gasteiger partial charge < -0.3 is 10.2 Å². The lowest BCUT2D eigenvalue weighted by molar-refractivity contribution is -0.140. The highest BCUT2D eigenvalue weighted by Gasteiger charge is 2.33. The molecule has 0 aliphatic rings. The van der Waals surface area contributed by atoms with Gasteiger partial charge in [0, 0.05) is 24.5 Å². The normalized spacial score (nSPS) is 12.2. The van der Waals surface area contributed by atoms with Crippen molar-refractivity contribution >= 4 is 62.3 Å². The minimum Gasteiger partial charge on any atom is -0.354 e. The van der Waals surface area contributed by atoms with Gasteiger partial charge in [-0.3, -0.25) is 13.9 Å². The van der Waals surface area contributed by atoms with Gasteiger partial charge in [0.25, 0.3) is 0 Å². The van der Waals surface area contributed by atoms with Gasteiger partial charge in [-0.05, 0) is 47.4 Å². The van der Waals surface area contributed by atoms with E-state index in [0.29, 0.717) is 27.2 Å². The topological polar surface area (TPSA) is 86.8 Å². The van der Waals surface area contributed by atoms with E-state index in [2.05, 4.69) is 5.32 Å². The molecular weight excluding hydrogens is 593 g/mol. The largest absolute Gasteiger partial charge is 0.354 e. The summed E-state index contributed by atoms with van der Waals surface area (Å²) in [6.07, 6.45) is 1.23. The van der Waals surface area contributed by atoms with Crippen LogP contribution in [0.4, 0.5) is 5.69 Å². The van der Waals surface area contributed by atoms with Gasteiger partial charge in [-0.1, -0.05) is 91.1 Å². The Morgan fingerprint density at radius 2 is 1.57 bits per heavy atom. The predicted molar refractivity (Wildman–Crippen MR) is 162 cm³/mol. The molecule has 0 radical (unpaired) electrons. The van der Waals surface area contributed by atoms with Crippen LogP contribution in [0, 0.1) is 5.92 Å². The highest BCUT2D eigenvalue weighted by atomic mass is 35.5. The number of halogens is 3. The molecule has 0 saturated heterocycles. The highest BCUT2D eigenvalue weighted by Crippen LogP contribution is 2.26. The third-order valence-electron chi connectivity index (χ3n) is 6.07. The van der Waals surface area contributed by atoms with Crippen molar-refractivity contribution in [3.05, 3.63) is 99.0 Å². The number of amides is 2. The average Bonchev–Trinajstić information content (AvgIpc) is 2.89. The van der Waals surface area contributed by atoms with Crippen LogP contribution in [0.15, 0.2) is 72.8 Å². The Kier molecular flexibility index (Phi) is 11.3. The number of carbonyl (C=O) groups excluding carboxylic acids is 2. The number of benzene rings is 3. The Balaban J connectivity index is 2.06. The fourth-order valence-electron chi connectivity index (χ4n) is 4.06. The van der Waals surface area contributed by atoms with E-state index in [-0.39, 0.29) is 30.5 Å². The summed E-state index contributed by atoms with van der Waals surface area (Å²) in [5.41, 5.74) is 1.71. The summed E-state index contributed by atoms with van der Waals surface area (Å²) in [5, 5.41) is 3.91. The van der Waals surface area contributed by atoms with Crippen molar-refractivity contribution in [1.29, 1.82) is 0 Å². The van der Waals surface area contributed by atoms with Crippen LogP contribution in [0.5, 0.6) is 0 Å². The maximum Gasteiger partial charge on any atom is 0.244 e. The van der Waals surface area contributed by atoms with Gasteiger partial charge in [-0.15, -0.1) is 0 Å². The molecule has 0 unspecified atom stereocenters. The molecule has 11 heteroatoms. The van der Waals surface area contributed by atoms with Crippen LogP contribution in [-0.2, 0) is 32.6 Å². The molecule has 0 aliphatic carbocycles. The first-order chi connectivity index (χ1) is 18.8. The van der Waals surface area contributed by atoms with Crippen LogP contribution in [0.3, 0.4) is 0 Å². The number of carbonyl (C=O) groups is 2. The molecular formula is C29H32Cl3N3O4S. The Bertz CT molecular complexity index is 1440. The van der Waals surface area contributed by atoms with Crippen molar-refractivity contribution in [1.82, 2.24) is 10.2 Å². The van der Waals surface area contributed by atoms with Crippen molar-refractivity contribution < 1.29 is 18.0 Å². The fourth-order valence-corrected chi connectivity index (χ4v) is 5.40. The number of nitrogens with zero attached hydrogens (tertiary/aromatic N) is 2. The summed E-state index contributed by atoms with van der Waals surface area (Å²) in [4.78, 5) is 29.0. The van der Waals surface area contributed by atoms with Crippen LogP contribution in [0.1, 0.15) is 25.0 Å². The highest BCUT2D eigenvalue weighted by molar-refractivity contribution is 7.92. The van der Waals surface area contributed by atoms with Crippen LogP contribution in [0.2, 0.25) is 15.1 Å². The van der Waals surface area contributed by atoms with Gasteiger partial charge in [0.2, 0.25) is 21.8 Å². The molecule has 2 amide bonds. The minimum absolute atomic E-state index is 0.00450. The molecule has 0 heterocycles. The maximum atomic E-state index is 14.0. The van der Waals surface area contributed by atoms with Crippen LogP contribution >= 0.6 is 34.8 Å². The van der Waals surface area contributed by atoms with Crippen LogP contribution in [-0.4, -0.2) is 50.5 Å². The molecule has 3 rings (SSSR count). The van der Waals surface area contributed by atoms with E-state index in [1.54, 1.807) is 36.4 Å². The summed E-state index contributed by atoms with van der Waals surface area (Å²) >= 11 is 18.5. The number of hydrogen-bond acceptors (Lipinski definition) is 4. The summed E-state index contributed by atoms with van der Waals surface area (Å²) in [7, 11) is -3.89. The van der Waals surface area contributed by atoms with Crippen LogP contribution < -0.4 is 9.62 Å². The molecule has 3 aromatic carbocycles. The van der Waals surface area contributed by atoms with Gasteiger partial charge >= 0.3 is 0 Å². The zero-order valence-corrected chi connectivity index (χ0v) is 25.6. The first kappa shape index (κ1) is 31.7. The van der Waals surface area contributed by atoms with Crippen molar-refractivity contribution in [3.63, 3.8) is 0 Å². The Labute approximate surface area is 251 Å². The maximum absolute atomic E-state index is 14.0. The van der Waals surface area contributed by atoms with Crippen molar-refractivity contribution in [3.8, 4) is 0 Å². The molecule has 0 bridgehead atoms. The summed E-state index contributed by atoms with van der Waals surface area (Å²) in [5.74, 6) is -0.735. The van der Waals surface area contributed by atoms with Crippen molar-refractivity contribution in [2.24, 2.45) is 5.92 Å². The molecule has 3 aromatic rings. The van der Waals surface area contributed by atoms with E-state index in [9.17, 15) is 18.0 Å². The Morgan fingerprint density at radius 1 is 0.875 bits per heavy atom. The molecule has 1 atom stereocenters. The van der Waals surface area contributed by atoms with E-state index in [1.807, 2.05) is 44.2 Å². The molecule has 0 fully saturated rings. The third kappa shape index (κ3) is 9.13. The number of hydrogen-bond donors (Lipinski definition) is 1. The van der Waals surface area contributed by atoms with E-state index >= 15 is 0 Å². The summed E-state index contributed by atoms with van der Waals surface area (Å²) in [6, 6.07) is 19.6. The second-order valence-corrected chi connectivity index (χ2v) is 13.0. The zero-order chi connectivity index (χ0) is 29.4. The van der Waals surface area contributed by atoms with Gasteiger partial charge in [0.15, 0.2) is 0 Å². The number of anilines is 1. The summed E-state index contributed by atoms with van der Waals surface area (Å²) in [6.45, 7) is 3.82. The van der Waals surface area contributed by atoms with Crippen LogP contribution in [0.25, 0.3) is 0 Å². The van der Waals surface area contributed by atoms with Gasteiger partial charge in [-0.2, -0.15) is 0 Å². The van der Waals surface area contributed by atoms with E-state index in [4.69, 9.17) is 34.8 Å². The predicted octanol–water partition coefficient (Wildman–Crippen LogP) is 5.83. The smallest absolute Gasteiger partial charge is 0.244 e. The second-order valence-electron chi connectivity index (χ2n) is 9.86. The number of rotatable bonds is 12. The van der Waals surface area contributed by atoms with Gasteiger partial charge in [0.05, 0.1) is 22.0 Å². The molecule has 0 spiro atoms. The molecule has 0 aliphatic heterocycles. The van der Waals surface area contributed by atoms with E-state index < -0.39 is 28.5 Å². The zero-order valence-electron chi connectivity index (χ0n) is 22.5. The first-order valence-electron chi connectivity index (χ1n) is 12.6. The lowest BCUT2D eigenvalue weighted by atomic mass is 10.0. The lowest BCUT2D eigenvalue weighted by Gasteiger charge is -2.33. The van der Waals surface area contributed by atoms with Crippen molar-refractivity contribution in [2.75, 3.05) is 23.7 Å². The van der Waals surface area contributed by atoms with E-state index in [1.165, 1.54) is 11.0 Å². The number of nitrogens with one attached hydrogen (secondary N) is 1. The Morgan fingerprint density at radius 3 is 2.17 bits per heavy atom. The first-order valence-corrected chi connectivity index (χ1v) is 15.6. The quantitative estimate of drug-likeness (QED) is 0.275. The second kappa shape index (κ2) is 14.2. The molecule has 1 N–H and O–H groups in total.